The van der Waals surface area contributed by atoms with E-state index in [1.807, 2.05) is 0 Å². The molecule has 3 aromatic carbocycles. The summed E-state index contributed by atoms with van der Waals surface area (Å²) in [5.41, 5.74) is 0.143. The Balaban J connectivity index is 1.98. The Hall–Kier alpha value is -2.58. The molecule has 6 nitrogen and oxygen atoms in total. The number of hydrogen-bond donors (Lipinski definition) is 0. The minimum absolute atomic E-state index is 0.00214. The van der Waals surface area contributed by atoms with Crippen LogP contribution in [0.15, 0.2) is 70.5 Å². The van der Waals surface area contributed by atoms with Crippen LogP contribution in [0.25, 0.3) is 10.8 Å². The predicted molar refractivity (Wildman–Crippen MR) is 93.8 cm³/mol. The van der Waals surface area contributed by atoms with Gasteiger partial charge >= 0.3 is 0 Å². The molecular formula is C17H13NO5S2. The lowest BCUT2D eigenvalue weighted by atomic mass is 10.1. The first-order chi connectivity index (χ1) is 11.9. The monoisotopic (exact) mass is 375 g/mol. The normalized spacial score (nSPS) is 15.5. The van der Waals surface area contributed by atoms with Crippen molar-refractivity contribution < 1.29 is 21.6 Å². The molecule has 0 saturated heterocycles. The second-order valence-corrected chi connectivity index (χ2v) is 9.29. The van der Waals surface area contributed by atoms with Gasteiger partial charge in [-0.2, -0.15) is 12.1 Å². The van der Waals surface area contributed by atoms with Crippen LogP contribution in [0.5, 0.6) is 5.75 Å². The van der Waals surface area contributed by atoms with Crippen molar-refractivity contribution in [3.8, 4) is 5.75 Å². The van der Waals surface area contributed by atoms with Crippen LogP contribution in [-0.4, -0.2) is 23.9 Å². The second kappa shape index (κ2) is 5.21. The summed E-state index contributed by atoms with van der Waals surface area (Å²) in [4.78, 5) is -0.126. The second-order valence-electron chi connectivity index (χ2n) is 5.51. The Bertz CT molecular complexity index is 1190. The van der Waals surface area contributed by atoms with E-state index in [0.717, 1.165) is 0 Å². The highest BCUT2D eigenvalue weighted by Crippen LogP contribution is 2.44. The highest BCUT2D eigenvalue weighted by Gasteiger charge is 2.43. The lowest BCUT2D eigenvalue weighted by Gasteiger charge is -2.19. The van der Waals surface area contributed by atoms with Crippen molar-refractivity contribution in [2.24, 2.45) is 0 Å². The summed E-state index contributed by atoms with van der Waals surface area (Å²) in [5, 5.41) is 1.09. The van der Waals surface area contributed by atoms with Crippen LogP contribution in [0.2, 0.25) is 0 Å². The van der Waals surface area contributed by atoms with Crippen molar-refractivity contribution in [3.05, 3.63) is 60.7 Å². The van der Waals surface area contributed by atoms with Crippen molar-refractivity contribution >= 4 is 36.5 Å². The molecule has 0 spiro atoms. The van der Waals surface area contributed by atoms with Crippen molar-refractivity contribution in [2.45, 2.75) is 9.79 Å². The van der Waals surface area contributed by atoms with Gasteiger partial charge in [-0.1, -0.05) is 24.3 Å². The van der Waals surface area contributed by atoms with E-state index >= 15 is 0 Å². The van der Waals surface area contributed by atoms with E-state index in [1.54, 1.807) is 24.3 Å². The van der Waals surface area contributed by atoms with Crippen LogP contribution in [0.3, 0.4) is 0 Å². The standard InChI is InChI=1S/C17H13NO5S2/c1-23-13-8-10-14(11-9-13)24(19,20)18-15-6-2-4-12-5-3-7-16(17(12)15)25(18,21)22/h2-11H,1H3. The van der Waals surface area contributed by atoms with Crippen LogP contribution in [-0.2, 0) is 20.0 Å². The van der Waals surface area contributed by atoms with Crippen LogP contribution in [0, 0.1) is 0 Å². The van der Waals surface area contributed by atoms with Crippen molar-refractivity contribution in [1.82, 2.24) is 0 Å². The van der Waals surface area contributed by atoms with E-state index < -0.39 is 20.0 Å². The number of anilines is 1. The summed E-state index contributed by atoms with van der Waals surface area (Å²) in [6.45, 7) is 0. The molecule has 0 aromatic heterocycles. The minimum Gasteiger partial charge on any atom is -0.497 e. The quantitative estimate of drug-likeness (QED) is 0.703. The molecule has 0 aliphatic carbocycles. The zero-order chi connectivity index (χ0) is 17.8. The van der Waals surface area contributed by atoms with Gasteiger partial charge in [-0.3, -0.25) is 0 Å². The summed E-state index contributed by atoms with van der Waals surface area (Å²) >= 11 is 0. The van der Waals surface area contributed by atoms with Gasteiger partial charge in [0.05, 0.1) is 22.6 Å². The van der Waals surface area contributed by atoms with Crippen LogP contribution in [0.4, 0.5) is 5.69 Å². The SMILES string of the molecule is COc1ccc(S(=O)(=O)N2c3cccc4cccc(c34)S2(=O)=O)cc1. The van der Waals surface area contributed by atoms with Crippen LogP contribution >= 0.6 is 0 Å². The van der Waals surface area contributed by atoms with Gasteiger partial charge in [0.25, 0.3) is 20.0 Å². The number of hydrogen-bond acceptors (Lipinski definition) is 5. The molecule has 0 N–H and O–H groups in total. The van der Waals surface area contributed by atoms with Crippen molar-refractivity contribution in [2.75, 3.05) is 10.8 Å². The third-order valence-corrected chi connectivity index (χ3v) is 8.32. The van der Waals surface area contributed by atoms with Gasteiger partial charge in [0, 0.05) is 5.39 Å². The zero-order valence-corrected chi connectivity index (χ0v) is 14.7. The molecule has 0 unspecified atom stereocenters. The third-order valence-electron chi connectivity index (χ3n) is 4.11. The molecule has 25 heavy (non-hydrogen) atoms. The van der Waals surface area contributed by atoms with Gasteiger partial charge in [-0.15, -0.1) is 0 Å². The number of nitrogens with zero attached hydrogens (tertiary/aromatic N) is 1. The fourth-order valence-corrected chi connectivity index (χ4v) is 6.91. The van der Waals surface area contributed by atoms with Crippen molar-refractivity contribution in [1.29, 1.82) is 0 Å². The summed E-state index contributed by atoms with van der Waals surface area (Å²) in [5.74, 6) is 0.480. The Kier molecular flexibility index (Phi) is 3.32. The maximum absolute atomic E-state index is 13.1. The maximum atomic E-state index is 13.1. The molecule has 1 heterocycles. The molecule has 0 saturated carbocycles. The Labute approximate surface area is 145 Å². The largest absolute Gasteiger partial charge is 0.497 e. The fourth-order valence-electron chi connectivity index (χ4n) is 2.98. The molecule has 0 fully saturated rings. The van der Waals surface area contributed by atoms with Gasteiger partial charge in [0.2, 0.25) is 0 Å². The van der Waals surface area contributed by atoms with Gasteiger partial charge in [-0.05, 0) is 41.8 Å². The number of ether oxygens (including phenoxy) is 1. The van der Waals surface area contributed by atoms with Gasteiger partial charge in [-0.25, -0.2) is 8.42 Å². The molecule has 4 rings (SSSR count). The number of sulfonamides is 2. The summed E-state index contributed by atoms with van der Waals surface area (Å²) in [6, 6.07) is 15.3. The molecule has 1 aliphatic rings. The summed E-state index contributed by atoms with van der Waals surface area (Å²) in [6.07, 6.45) is 0. The molecule has 0 bridgehead atoms. The highest BCUT2D eigenvalue weighted by atomic mass is 32.3. The first kappa shape index (κ1) is 15.9. The Morgan fingerprint density at radius 3 is 2.20 bits per heavy atom. The Morgan fingerprint density at radius 2 is 1.56 bits per heavy atom. The zero-order valence-electron chi connectivity index (χ0n) is 13.1. The molecule has 0 radical (unpaired) electrons. The van der Waals surface area contributed by atoms with Crippen LogP contribution in [0.1, 0.15) is 0 Å². The van der Waals surface area contributed by atoms with Crippen molar-refractivity contribution in [3.63, 3.8) is 0 Å². The lowest BCUT2D eigenvalue weighted by Crippen LogP contribution is -2.33. The van der Waals surface area contributed by atoms with E-state index in [4.69, 9.17) is 4.74 Å². The summed E-state index contributed by atoms with van der Waals surface area (Å²) < 4.78 is 57.5. The van der Waals surface area contributed by atoms with E-state index in [2.05, 4.69) is 0 Å². The number of methoxy groups -OCH3 is 1. The topological polar surface area (TPSA) is 80.8 Å². The van der Waals surface area contributed by atoms with Gasteiger partial charge in [0.15, 0.2) is 0 Å². The third kappa shape index (κ3) is 2.14. The first-order valence-electron chi connectivity index (χ1n) is 7.34. The summed E-state index contributed by atoms with van der Waals surface area (Å²) in [7, 11) is -7.04. The molecule has 8 heteroatoms. The average Bonchev–Trinajstić information content (AvgIpc) is 2.85. The molecule has 0 atom stereocenters. The van der Waals surface area contributed by atoms with Gasteiger partial charge in [0.1, 0.15) is 5.75 Å². The van der Waals surface area contributed by atoms with E-state index in [9.17, 15) is 16.8 Å². The molecule has 0 amide bonds. The average molecular weight is 375 g/mol. The van der Waals surface area contributed by atoms with E-state index in [1.165, 1.54) is 43.5 Å². The van der Waals surface area contributed by atoms with Gasteiger partial charge < -0.3 is 4.74 Å². The molecule has 128 valence electrons. The maximum Gasteiger partial charge on any atom is 0.278 e. The first-order valence-corrected chi connectivity index (χ1v) is 10.2. The highest BCUT2D eigenvalue weighted by molar-refractivity contribution is 8.10. The number of rotatable bonds is 3. The molecule has 1 aliphatic heterocycles. The fraction of sp³-hybridized carbons (Fsp3) is 0.0588. The van der Waals surface area contributed by atoms with E-state index in [0.29, 0.717) is 20.2 Å². The number of benzene rings is 3. The predicted octanol–water partition coefficient (Wildman–Crippen LogP) is 2.75. The Morgan fingerprint density at radius 1 is 0.920 bits per heavy atom. The van der Waals surface area contributed by atoms with E-state index in [-0.39, 0.29) is 15.5 Å². The van der Waals surface area contributed by atoms with Crippen LogP contribution < -0.4 is 8.45 Å². The molecule has 3 aromatic rings. The minimum atomic E-state index is -4.30. The molecular weight excluding hydrogens is 362 g/mol. The smallest absolute Gasteiger partial charge is 0.278 e. The lowest BCUT2D eigenvalue weighted by molar-refractivity contribution is 0.414.